The number of nitrogens with zero attached hydrogens (tertiary/aromatic N) is 4. The molecule has 0 radical (unpaired) electrons. The van der Waals surface area contributed by atoms with Gasteiger partial charge in [-0.15, -0.1) is 21.5 Å². The van der Waals surface area contributed by atoms with E-state index in [0.29, 0.717) is 16.3 Å². The molecule has 0 aliphatic heterocycles. The summed E-state index contributed by atoms with van der Waals surface area (Å²) in [6.45, 7) is 3.00. The molecular weight excluding hydrogens is 390 g/mol. The zero-order chi connectivity index (χ0) is 19.1. The van der Waals surface area contributed by atoms with Gasteiger partial charge in [-0.05, 0) is 68.6 Å². The quantitative estimate of drug-likeness (QED) is 0.682. The molecule has 2 aromatic rings. The highest BCUT2D eigenvalue weighted by Gasteiger charge is 2.51. The molecule has 0 saturated heterocycles. The average Bonchev–Trinajstić information content (AvgIpc) is 3.28. The SMILES string of the molecule is CCn1c(CC23CC4CC(CC(C4)C2)C3)nnc1SCC(=O)Nc1nccs1. The van der Waals surface area contributed by atoms with Crippen molar-refractivity contribution in [2.45, 2.75) is 63.6 Å². The third-order valence-electron chi connectivity index (χ3n) is 6.82. The van der Waals surface area contributed by atoms with Crippen LogP contribution in [-0.2, 0) is 17.8 Å². The van der Waals surface area contributed by atoms with Gasteiger partial charge >= 0.3 is 0 Å². The van der Waals surface area contributed by atoms with Crippen LogP contribution in [0.4, 0.5) is 5.13 Å². The van der Waals surface area contributed by atoms with Gasteiger partial charge in [-0.3, -0.25) is 4.79 Å². The Morgan fingerprint density at radius 1 is 1.25 bits per heavy atom. The van der Waals surface area contributed by atoms with E-state index in [1.54, 1.807) is 6.20 Å². The Balaban J connectivity index is 1.25. The summed E-state index contributed by atoms with van der Waals surface area (Å²) in [5.74, 6) is 4.25. The minimum absolute atomic E-state index is 0.0479. The number of hydrogen-bond acceptors (Lipinski definition) is 6. The molecule has 150 valence electrons. The van der Waals surface area contributed by atoms with Gasteiger partial charge in [0.1, 0.15) is 5.82 Å². The van der Waals surface area contributed by atoms with Gasteiger partial charge in [0.15, 0.2) is 10.3 Å². The Morgan fingerprint density at radius 3 is 2.57 bits per heavy atom. The second-order valence-electron chi connectivity index (χ2n) is 8.91. The zero-order valence-electron chi connectivity index (χ0n) is 16.3. The highest BCUT2D eigenvalue weighted by Crippen LogP contribution is 2.61. The van der Waals surface area contributed by atoms with Crippen LogP contribution in [0.25, 0.3) is 0 Å². The standard InChI is InChI=1S/C20H27N5OS2/c1-2-25-16(11-20-8-13-5-14(9-20)7-15(6-13)10-20)23-24-19(25)28-12-17(26)22-18-21-3-4-27-18/h3-4,13-15H,2,5-12H2,1H3,(H,21,22,26). The van der Waals surface area contributed by atoms with Crippen LogP contribution < -0.4 is 5.32 Å². The van der Waals surface area contributed by atoms with Crippen LogP contribution in [0.1, 0.15) is 51.3 Å². The minimum atomic E-state index is -0.0479. The number of nitrogens with one attached hydrogen (secondary N) is 1. The molecule has 2 aromatic heterocycles. The number of rotatable bonds is 7. The summed E-state index contributed by atoms with van der Waals surface area (Å²) in [6.07, 6.45) is 11.3. The molecular formula is C20H27N5OS2. The Bertz CT molecular complexity index is 812. The van der Waals surface area contributed by atoms with Crippen molar-refractivity contribution < 1.29 is 4.79 Å². The molecule has 2 heterocycles. The first-order valence-electron chi connectivity index (χ1n) is 10.4. The van der Waals surface area contributed by atoms with Crippen molar-refractivity contribution in [3.05, 3.63) is 17.4 Å². The number of thioether (sulfide) groups is 1. The third kappa shape index (κ3) is 3.61. The van der Waals surface area contributed by atoms with E-state index in [9.17, 15) is 4.79 Å². The molecule has 28 heavy (non-hydrogen) atoms. The molecule has 6 rings (SSSR count). The molecule has 4 saturated carbocycles. The van der Waals surface area contributed by atoms with Crippen molar-refractivity contribution in [1.29, 1.82) is 0 Å². The van der Waals surface area contributed by atoms with Gasteiger partial charge in [0.2, 0.25) is 5.91 Å². The Hall–Kier alpha value is -1.41. The fourth-order valence-corrected chi connectivity index (χ4v) is 7.65. The predicted octanol–water partition coefficient (Wildman–Crippen LogP) is 4.24. The molecule has 4 aliphatic carbocycles. The average molecular weight is 418 g/mol. The van der Waals surface area contributed by atoms with Crippen LogP contribution in [0, 0.1) is 23.2 Å². The van der Waals surface area contributed by atoms with Crippen LogP contribution in [0.3, 0.4) is 0 Å². The lowest BCUT2D eigenvalue weighted by Crippen LogP contribution is -2.47. The first kappa shape index (κ1) is 18.6. The molecule has 4 aliphatic rings. The van der Waals surface area contributed by atoms with Crippen LogP contribution in [0.2, 0.25) is 0 Å². The molecule has 1 amide bonds. The maximum atomic E-state index is 12.2. The Labute approximate surface area is 173 Å². The number of carbonyl (C=O) groups excluding carboxylic acids is 1. The summed E-state index contributed by atoms with van der Waals surface area (Å²) in [7, 11) is 0. The van der Waals surface area contributed by atoms with Crippen molar-refractivity contribution in [3.8, 4) is 0 Å². The van der Waals surface area contributed by atoms with Crippen molar-refractivity contribution in [2.24, 2.45) is 23.2 Å². The molecule has 6 nitrogen and oxygen atoms in total. The van der Waals surface area contributed by atoms with Gasteiger partial charge in [0.05, 0.1) is 5.75 Å². The van der Waals surface area contributed by atoms with Gasteiger partial charge in [-0.1, -0.05) is 11.8 Å². The van der Waals surface area contributed by atoms with Crippen LogP contribution >= 0.6 is 23.1 Å². The fourth-order valence-electron chi connectivity index (χ4n) is 6.29. The van der Waals surface area contributed by atoms with E-state index < -0.39 is 0 Å². The Kier molecular flexibility index (Phi) is 4.95. The largest absolute Gasteiger partial charge is 0.306 e. The summed E-state index contributed by atoms with van der Waals surface area (Å²) in [5, 5.41) is 15.2. The summed E-state index contributed by atoms with van der Waals surface area (Å²) >= 11 is 2.90. The van der Waals surface area contributed by atoms with E-state index in [0.717, 1.165) is 41.7 Å². The van der Waals surface area contributed by atoms with E-state index in [1.165, 1.54) is 61.6 Å². The monoisotopic (exact) mass is 417 g/mol. The summed E-state index contributed by atoms with van der Waals surface area (Å²) in [4.78, 5) is 16.3. The van der Waals surface area contributed by atoms with Gasteiger partial charge < -0.3 is 9.88 Å². The van der Waals surface area contributed by atoms with Crippen molar-refractivity contribution in [3.63, 3.8) is 0 Å². The van der Waals surface area contributed by atoms with Gasteiger partial charge in [-0.25, -0.2) is 4.98 Å². The van der Waals surface area contributed by atoms with E-state index in [1.807, 2.05) is 5.38 Å². The zero-order valence-corrected chi connectivity index (χ0v) is 17.9. The number of aromatic nitrogens is 4. The van der Waals surface area contributed by atoms with E-state index in [-0.39, 0.29) is 5.91 Å². The van der Waals surface area contributed by atoms with E-state index >= 15 is 0 Å². The molecule has 0 aromatic carbocycles. The third-order valence-corrected chi connectivity index (χ3v) is 8.47. The lowest BCUT2D eigenvalue weighted by Gasteiger charge is -2.56. The summed E-state index contributed by atoms with van der Waals surface area (Å²) < 4.78 is 2.22. The topological polar surface area (TPSA) is 72.7 Å². The molecule has 4 fully saturated rings. The highest BCUT2D eigenvalue weighted by molar-refractivity contribution is 7.99. The molecule has 4 bridgehead atoms. The predicted molar refractivity (Wildman–Crippen MR) is 111 cm³/mol. The molecule has 1 N–H and O–H groups in total. The molecule has 0 unspecified atom stereocenters. The van der Waals surface area contributed by atoms with Crippen molar-refractivity contribution in [1.82, 2.24) is 19.7 Å². The van der Waals surface area contributed by atoms with Gasteiger partial charge in [-0.2, -0.15) is 0 Å². The highest BCUT2D eigenvalue weighted by atomic mass is 32.2. The van der Waals surface area contributed by atoms with Gasteiger partial charge in [0.25, 0.3) is 0 Å². The minimum Gasteiger partial charge on any atom is -0.306 e. The first-order chi connectivity index (χ1) is 13.6. The van der Waals surface area contributed by atoms with Crippen LogP contribution in [0.15, 0.2) is 16.7 Å². The van der Waals surface area contributed by atoms with Crippen LogP contribution in [0.5, 0.6) is 0 Å². The molecule has 0 spiro atoms. The van der Waals surface area contributed by atoms with Crippen molar-refractivity contribution >= 4 is 34.1 Å². The normalized spacial score (nSPS) is 30.7. The lowest BCUT2D eigenvalue weighted by molar-refractivity contribution is -0.113. The number of anilines is 1. The maximum absolute atomic E-state index is 12.2. The first-order valence-corrected chi connectivity index (χ1v) is 12.2. The lowest BCUT2D eigenvalue weighted by atomic mass is 9.49. The maximum Gasteiger partial charge on any atom is 0.236 e. The number of amides is 1. The fraction of sp³-hybridized carbons (Fsp3) is 0.700. The summed E-state index contributed by atoms with van der Waals surface area (Å²) in [5.41, 5.74) is 0.457. The number of thiazole rings is 1. The molecule has 8 heteroatoms. The van der Waals surface area contributed by atoms with Gasteiger partial charge in [0, 0.05) is 24.5 Å². The summed E-state index contributed by atoms with van der Waals surface area (Å²) in [6, 6.07) is 0. The van der Waals surface area contributed by atoms with Crippen LogP contribution in [-0.4, -0.2) is 31.4 Å². The second-order valence-corrected chi connectivity index (χ2v) is 10.7. The smallest absolute Gasteiger partial charge is 0.236 e. The van der Waals surface area contributed by atoms with E-state index in [4.69, 9.17) is 0 Å². The Morgan fingerprint density at radius 2 is 1.96 bits per heavy atom. The van der Waals surface area contributed by atoms with Crippen molar-refractivity contribution in [2.75, 3.05) is 11.1 Å². The number of hydrogen-bond donors (Lipinski definition) is 1. The number of carbonyl (C=O) groups is 1. The molecule has 0 atom stereocenters. The second kappa shape index (κ2) is 7.44. The van der Waals surface area contributed by atoms with E-state index in [2.05, 4.69) is 32.0 Å².